The van der Waals surface area contributed by atoms with Gasteiger partial charge in [-0.3, -0.25) is 4.79 Å². The molecule has 0 aliphatic carbocycles. The Morgan fingerprint density at radius 3 is 1.80 bits per heavy atom. The standard InChI is InChI=1S/C37H67NO13/c1-3-4-5-6-7-8-9-10-11-12-13-14-15-16-17-18-19-20-21-27(42)26(38-25(2)41)24-48-36-34(47)32(45)35(29(23-40)50-36)51-37-33(46)31(44)30(43)28(22-39)49-37/h16-17,20-21,26-37,39-40,42-47H,3-15,18-19,22-24H2,1-2H3,(H,38,41)/b17-16+,21-20+. The van der Waals surface area contributed by atoms with Crippen molar-refractivity contribution in [1.82, 2.24) is 5.32 Å². The van der Waals surface area contributed by atoms with Gasteiger partial charge in [0.2, 0.25) is 5.91 Å². The van der Waals surface area contributed by atoms with Gasteiger partial charge >= 0.3 is 0 Å². The van der Waals surface area contributed by atoms with Gasteiger partial charge in [-0.15, -0.1) is 0 Å². The van der Waals surface area contributed by atoms with Crippen LogP contribution in [0.25, 0.3) is 0 Å². The number of hydrogen-bond acceptors (Lipinski definition) is 13. The van der Waals surface area contributed by atoms with Crippen molar-refractivity contribution in [3.63, 3.8) is 0 Å². The van der Waals surface area contributed by atoms with Crippen LogP contribution in [-0.4, -0.2) is 140 Å². The van der Waals surface area contributed by atoms with Crippen molar-refractivity contribution in [2.75, 3.05) is 19.8 Å². The molecule has 2 saturated heterocycles. The smallest absolute Gasteiger partial charge is 0.217 e. The molecular formula is C37H67NO13. The second-order valence-electron chi connectivity index (χ2n) is 13.8. The van der Waals surface area contributed by atoms with Crippen LogP contribution in [0.1, 0.15) is 110 Å². The fourth-order valence-electron chi connectivity index (χ4n) is 6.28. The van der Waals surface area contributed by atoms with Crippen LogP contribution in [0.2, 0.25) is 0 Å². The van der Waals surface area contributed by atoms with Gasteiger partial charge < -0.3 is 65.1 Å². The maximum absolute atomic E-state index is 11.9. The fourth-order valence-corrected chi connectivity index (χ4v) is 6.28. The number of aliphatic hydroxyl groups is 8. The number of aliphatic hydroxyl groups excluding tert-OH is 8. The van der Waals surface area contributed by atoms with Gasteiger partial charge in [-0.2, -0.15) is 0 Å². The van der Waals surface area contributed by atoms with Crippen LogP contribution in [0.3, 0.4) is 0 Å². The van der Waals surface area contributed by atoms with Crippen LogP contribution >= 0.6 is 0 Å². The summed E-state index contributed by atoms with van der Waals surface area (Å²) in [6.07, 6.45) is 9.12. The first-order valence-electron chi connectivity index (χ1n) is 19.0. The van der Waals surface area contributed by atoms with Crippen LogP contribution in [0.5, 0.6) is 0 Å². The van der Waals surface area contributed by atoms with E-state index < -0.39 is 92.7 Å². The number of hydrogen-bond donors (Lipinski definition) is 9. The Labute approximate surface area is 303 Å². The van der Waals surface area contributed by atoms with Gasteiger partial charge in [0.25, 0.3) is 0 Å². The van der Waals surface area contributed by atoms with E-state index in [4.69, 9.17) is 18.9 Å². The number of allylic oxidation sites excluding steroid dienone is 3. The normalized spacial score (nSPS) is 31.3. The van der Waals surface area contributed by atoms with Gasteiger partial charge in [0, 0.05) is 6.92 Å². The molecule has 0 aromatic carbocycles. The third-order valence-electron chi connectivity index (χ3n) is 9.43. The Morgan fingerprint density at radius 1 is 0.686 bits per heavy atom. The molecule has 2 aliphatic rings. The molecule has 0 aromatic rings. The highest BCUT2D eigenvalue weighted by atomic mass is 16.7. The summed E-state index contributed by atoms with van der Waals surface area (Å²) in [6.45, 7) is 1.78. The van der Waals surface area contributed by atoms with Crippen LogP contribution in [0, 0.1) is 0 Å². The van der Waals surface area contributed by atoms with Crippen LogP contribution in [0.4, 0.5) is 0 Å². The van der Waals surface area contributed by atoms with Crippen molar-refractivity contribution in [3.05, 3.63) is 24.3 Å². The number of amides is 1. The van der Waals surface area contributed by atoms with E-state index >= 15 is 0 Å². The van der Waals surface area contributed by atoms with Crippen LogP contribution < -0.4 is 5.32 Å². The second-order valence-corrected chi connectivity index (χ2v) is 13.8. The molecule has 0 spiro atoms. The minimum Gasteiger partial charge on any atom is -0.394 e. The molecule has 14 heteroatoms. The first-order valence-corrected chi connectivity index (χ1v) is 19.0. The average molecular weight is 734 g/mol. The topological polar surface area (TPSA) is 228 Å². The Bertz CT molecular complexity index is 967. The van der Waals surface area contributed by atoms with Gasteiger partial charge in [-0.1, -0.05) is 102 Å². The number of nitrogens with one attached hydrogen (secondary N) is 1. The minimum atomic E-state index is -1.78. The minimum absolute atomic E-state index is 0.325. The number of ether oxygens (including phenoxy) is 4. The van der Waals surface area contributed by atoms with Gasteiger partial charge in [0.15, 0.2) is 12.6 Å². The molecule has 0 bridgehead atoms. The van der Waals surface area contributed by atoms with E-state index in [-0.39, 0.29) is 6.61 Å². The predicted molar refractivity (Wildman–Crippen MR) is 189 cm³/mol. The molecule has 51 heavy (non-hydrogen) atoms. The molecule has 14 nitrogen and oxygen atoms in total. The first kappa shape index (κ1) is 45.6. The molecule has 298 valence electrons. The molecule has 2 fully saturated rings. The number of carbonyl (C=O) groups is 1. The van der Waals surface area contributed by atoms with Crippen molar-refractivity contribution in [1.29, 1.82) is 0 Å². The zero-order valence-corrected chi connectivity index (χ0v) is 30.6. The fraction of sp³-hybridized carbons (Fsp3) is 0.865. The molecule has 2 heterocycles. The van der Waals surface area contributed by atoms with E-state index in [0.717, 1.165) is 12.8 Å². The Kier molecular flexibility index (Phi) is 23.5. The summed E-state index contributed by atoms with van der Waals surface area (Å²) in [4.78, 5) is 11.9. The molecule has 0 radical (unpaired) electrons. The van der Waals surface area contributed by atoms with Gasteiger partial charge in [0.1, 0.15) is 48.8 Å². The third kappa shape index (κ3) is 16.6. The average Bonchev–Trinajstić information content (AvgIpc) is 3.11. The lowest BCUT2D eigenvalue weighted by Crippen LogP contribution is -2.65. The summed E-state index contributed by atoms with van der Waals surface area (Å²) >= 11 is 0. The monoisotopic (exact) mass is 733 g/mol. The highest BCUT2D eigenvalue weighted by Crippen LogP contribution is 2.29. The van der Waals surface area contributed by atoms with Crippen LogP contribution in [0.15, 0.2) is 24.3 Å². The lowest BCUT2D eigenvalue weighted by Gasteiger charge is -2.46. The quantitative estimate of drug-likeness (QED) is 0.0454. The molecule has 0 aromatic heterocycles. The van der Waals surface area contributed by atoms with Crippen molar-refractivity contribution < 1.29 is 64.6 Å². The molecule has 9 N–H and O–H groups in total. The summed E-state index contributed by atoms with van der Waals surface area (Å²) in [5, 5.41) is 84.6. The largest absolute Gasteiger partial charge is 0.394 e. The highest BCUT2D eigenvalue weighted by Gasteiger charge is 2.50. The number of carbonyl (C=O) groups excluding carboxylic acids is 1. The molecule has 2 rings (SSSR count). The maximum atomic E-state index is 11.9. The second kappa shape index (κ2) is 26.3. The number of rotatable bonds is 26. The zero-order chi connectivity index (χ0) is 37.6. The summed E-state index contributed by atoms with van der Waals surface area (Å²) in [6, 6.07) is -0.927. The predicted octanol–water partition coefficient (Wildman–Crippen LogP) is 1.48. The molecule has 12 unspecified atom stereocenters. The SMILES string of the molecule is CCCCCCCCCCCCCC/C=C/CC/C=C/C(O)C(COC1OC(CO)C(OC2OC(CO)C(O)C(O)C2O)C(O)C1O)NC(C)=O. The molecule has 12 atom stereocenters. The van der Waals surface area contributed by atoms with E-state index in [0.29, 0.717) is 6.42 Å². The Balaban J connectivity index is 1.73. The van der Waals surface area contributed by atoms with E-state index in [1.54, 1.807) is 6.08 Å². The highest BCUT2D eigenvalue weighted by molar-refractivity contribution is 5.73. The number of unbranched alkanes of at least 4 members (excludes halogenated alkanes) is 13. The summed E-state index contributed by atoms with van der Waals surface area (Å²) in [5.74, 6) is -0.428. The Hall–Kier alpha value is -1.53. The van der Waals surface area contributed by atoms with Crippen molar-refractivity contribution in [3.8, 4) is 0 Å². The molecular weight excluding hydrogens is 666 g/mol. The van der Waals surface area contributed by atoms with E-state index in [1.165, 1.54) is 84.0 Å². The van der Waals surface area contributed by atoms with Crippen molar-refractivity contribution in [2.45, 2.75) is 184 Å². The first-order chi connectivity index (χ1) is 24.5. The van der Waals surface area contributed by atoms with Gasteiger partial charge in [-0.25, -0.2) is 0 Å². The van der Waals surface area contributed by atoms with Gasteiger partial charge in [0.05, 0.1) is 32.0 Å². The molecule has 0 saturated carbocycles. The van der Waals surface area contributed by atoms with Crippen molar-refractivity contribution in [2.24, 2.45) is 0 Å². The summed E-state index contributed by atoms with van der Waals surface area (Å²) < 4.78 is 22.1. The van der Waals surface area contributed by atoms with Crippen LogP contribution in [-0.2, 0) is 23.7 Å². The van der Waals surface area contributed by atoms with Crippen molar-refractivity contribution >= 4 is 5.91 Å². The van der Waals surface area contributed by atoms with Gasteiger partial charge in [-0.05, 0) is 25.7 Å². The van der Waals surface area contributed by atoms with E-state index in [2.05, 4.69) is 24.4 Å². The maximum Gasteiger partial charge on any atom is 0.217 e. The van der Waals surface area contributed by atoms with E-state index in [9.17, 15) is 45.6 Å². The zero-order valence-electron chi connectivity index (χ0n) is 30.6. The lowest BCUT2D eigenvalue weighted by atomic mass is 9.97. The Morgan fingerprint density at radius 2 is 1.22 bits per heavy atom. The summed E-state index contributed by atoms with van der Waals surface area (Å²) in [7, 11) is 0. The van der Waals surface area contributed by atoms with E-state index in [1.807, 2.05) is 6.08 Å². The third-order valence-corrected chi connectivity index (χ3v) is 9.43. The molecule has 2 aliphatic heterocycles. The summed E-state index contributed by atoms with van der Waals surface area (Å²) in [5.41, 5.74) is 0. The lowest BCUT2D eigenvalue weighted by molar-refractivity contribution is -0.359. The molecule has 1 amide bonds.